The average Bonchev–Trinajstić information content (AvgIpc) is 1.82. The van der Waals surface area contributed by atoms with Gasteiger partial charge in [0.2, 0.25) is 0 Å². The first-order valence-corrected chi connectivity index (χ1v) is 4.03. The predicted octanol–water partition coefficient (Wildman–Crippen LogP) is -2.71. The monoisotopic (exact) mass is 174 g/mol. The minimum atomic E-state index is -1.97. The third kappa shape index (κ3) is 7.18. The number of hydrogen-bond donors (Lipinski definition) is 0. The minimum absolute atomic E-state index is 0. The maximum Gasteiger partial charge on any atom is 1.00 e. The maximum atomic E-state index is 10.0. The third-order valence-corrected chi connectivity index (χ3v) is 1.75. The Hall–Kier alpha value is 1.07. The second kappa shape index (κ2) is 8.17. The summed E-state index contributed by atoms with van der Waals surface area (Å²) in [5.41, 5.74) is 0. The van der Waals surface area contributed by atoms with E-state index in [4.69, 9.17) is 4.74 Å². The van der Waals surface area contributed by atoms with Crippen molar-refractivity contribution in [3.63, 3.8) is 0 Å². The van der Waals surface area contributed by atoms with E-state index >= 15 is 0 Å². The van der Waals surface area contributed by atoms with Crippen molar-refractivity contribution in [2.75, 3.05) is 12.9 Å². The van der Waals surface area contributed by atoms with Crippen molar-refractivity contribution in [3.05, 3.63) is 0 Å². The van der Waals surface area contributed by atoms with Crippen LogP contribution in [-0.2, 0) is 15.8 Å². The van der Waals surface area contributed by atoms with Crippen LogP contribution in [0.15, 0.2) is 0 Å². The van der Waals surface area contributed by atoms with Crippen molar-refractivity contribution in [2.24, 2.45) is 0 Å². The fourth-order valence-corrected chi connectivity index (χ4v) is 1.18. The molecule has 0 spiro atoms. The molecule has 0 aromatic heterocycles. The number of hydrogen-bond acceptors (Lipinski definition) is 3. The molecule has 2 atom stereocenters. The van der Waals surface area contributed by atoms with Crippen molar-refractivity contribution in [1.82, 2.24) is 0 Å². The molecule has 0 N–H and O–H groups in total. The zero-order valence-electron chi connectivity index (χ0n) is 6.62. The first-order chi connectivity index (χ1) is 4.20. The van der Waals surface area contributed by atoms with Gasteiger partial charge in [-0.2, -0.15) is 0 Å². The molecule has 0 radical (unpaired) electrons. The van der Waals surface area contributed by atoms with Gasteiger partial charge in [0, 0.05) is 12.9 Å². The predicted molar refractivity (Wildman–Crippen MR) is 34.9 cm³/mol. The van der Waals surface area contributed by atoms with Crippen LogP contribution in [0.25, 0.3) is 0 Å². The SMILES string of the molecule is CCC(CS(=O)[O-])OC.[Na+]. The summed E-state index contributed by atoms with van der Waals surface area (Å²) in [5, 5.41) is 0. The number of ether oxygens (including phenoxy) is 1. The van der Waals surface area contributed by atoms with Crippen molar-refractivity contribution < 1.29 is 43.1 Å². The van der Waals surface area contributed by atoms with Gasteiger partial charge in [-0.05, 0) is 6.42 Å². The summed E-state index contributed by atoms with van der Waals surface area (Å²) < 4.78 is 24.9. The molecule has 0 aliphatic carbocycles. The van der Waals surface area contributed by atoms with Crippen molar-refractivity contribution in [1.29, 1.82) is 0 Å². The van der Waals surface area contributed by atoms with E-state index in [1.807, 2.05) is 6.92 Å². The zero-order chi connectivity index (χ0) is 7.28. The van der Waals surface area contributed by atoms with Gasteiger partial charge in [-0.15, -0.1) is 0 Å². The van der Waals surface area contributed by atoms with Gasteiger partial charge in [0.1, 0.15) is 0 Å². The fraction of sp³-hybridized carbons (Fsp3) is 1.00. The third-order valence-electron chi connectivity index (χ3n) is 1.11. The molecule has 0 aliphatic heterocycles. The molecule has 0 amide bonds. The van der Waals surface area contributed by atoms with E-state index in [-0.39, 0.29) is 41.4 Å². The molecule has 0 saturated heterocycles. The smallest absolute Gasteiger partial charge is 0.772 e. The molecule has 0 aliphatic rings. The van der Waals surface area contributed by atoms with Crippen LogP contribution < -0.4 is 29.6 Å². The Balaban J connectivity index is 0. The van der Waals surface area contributed by atoms with Gasteiger partial charge in [0.25, 0.3) is 0 Å². The largest absolute Gasteiger partial charge is 1.00 e. The van der Waals surface area contributed by atoms with Crippen molar-refractivity contribution in [2.45, 2.75) is 19.4 Å². The van der Waals surface area contributed by atoms with E-state index in [0.717, 1.165) is 6.42 Å². The van der Waals surface area contributed by atoms with E-state index in [1.165, 1.54) is 7.11 Å². The van der Waals surface area contributed by atoms with Crippen LogP contribution in [0, 0.1) is 0 Å². The Labute approximate surface area is 86.1 Å². The molecule has 3 nitrogen and oxygen atoms in total. The first-order valence-electron chi connectivity index (χ1n) is 2.79. The van der Waals surface area contributed by atoms with Crippen LogP contribution in [0.4, 0.5) is 0 Å². The summed E-state index contributed by atoms with van der Waals surface area (Å²) in [6, 6.07) is 0. The molecule has 0 aromatic rings. The van der Waals surface area contributed by atoms with Crippen LogP contribution in [0.3, 0.4) is 0 Å². The molecule has 0 rings (SSSR count). The Morgan fingerprint density at radius 1 is 1.70 bits per heavy atom. The van der Waals surface area contributed by atoms with Gasteiger partial charge in [-0.1, -0.05) is 18.0 Å². The molecule has 2 unspecified atom stereocenters. The molecule has 10 heavy (non-hydrogen) atoms. The van der Waals surface area contributed by atoms with Crippen LogP contribution in [-0.4, -0.2) is 27.7 Å². The van der Waals surface area contributed by atoms with Crippen LogP contribution >= 0.6 is 0 Å². The van der Waals surface area contributed by atoms with Crippen LogP contribution in [0.1, 0.15) is 13.3 Å². The topological polar surface area (TPSA) is 49.4 Å². The maximum absolute atomic E-state index is 10.0. The molecule has 0 bridgehead atoms. The Bertz CT molecular complexity index is 94.9. The van der Waals surface area contributed by atoms with Gasteiger partial charge < -0.3 is 9.29 Å². The standard InChI is InChI=1S/C5H12O3S.Na/c1-3-5(8-2)4-9(6)7;/h5H,3-4H2,1-2H3,(H,6,7);/q;+1/p-1. The number of rotatable bonds is 4. The van der Waals surface area contributed by atoms with Gasteiger partial charge >= 0.3 is 29.6 Å². The van der Waals surface area contributed by atoms with Crippen LogP contribution in [0.2, 0.25) is 0 Å². The van der Waals surface area contributed by atoms with Crippen molar-refractivity contribution >= 4 is 11.1 Å². The van der Waals surface area contributed by atoms with Gasteiger partial charge in [0.05, 0.1) is 6.10 Å². The fourth-order valence-electron chi connectivity index (χ4n) is 0.504. The summed E-state index contributed by atoms with van der Waals surface area (Å²) in [4.78, 5) is 0. The Kier molecular flexibility index (Phi) is 11.1. The molecule has 5 heteroatoms. The molecule has 0 aromatic carbocycles. The second-order valence-corrected chi connectivity index (χ2v) is 2.68. The van der Waals surface area contributed by atoms with E-state index in [1.54, 1.807) is 0 Å². The van der Waals surface area contributed by atoms with Gasteiger partial charge in [0.15, 0.2) is 0 Å². The van der Waals surface area contributed by atoms with Crippen molar-refractivity contribution in [3.8, 4) is 0 Å². The summed E-state index contributed by atoms with van der Waals surface area (Å²) >= 11 is -1.97. The van der Waals surface area contributed by atoms with E-state index in [2.05, 4.69) is 0 Å². The molecular weight excluding hydrogens is 163 g/mol. The summed E-state index contributed by atoms with van der Waals surface area (Å²) in [5.74, 6) is 0.104. The summed E-state index contributed by atoms with van der Waals surface area (Å²) in [6.45, 7) is 1.89. The van der Waals surface area contributed by atoms with E-state index in [9.17, 15) is 8.76 Å². The minimum Gasteiger partial charge on any atom is -0.772 e. The van der Waals surface area contributed by atoms with E-state index in [0.29, 0.717) is 0 Å². The van der Waals surface area contributed by atoms with Crippen LogP contribution in [0.5, 0.6) is 0 Å². The normalized spacial score (nSPS) is 15.5. The summed E-state index contributed by atoms with van der Waals surface area (Å²) in [6.07, 6.45) is 0.605. The van der Waals surface area contributed by atoms with Gasteiger partial charge in [-0.3, -0.25) is 4.21 Å². The Morgan fingerprint density at radius 3 is 2.30 bits per heavy atom. The second-order valence-electron chi connectivity index (χ2n) is 1.74. The zero-order valence-corrected chi connectivity index (χ0v) is 9.44. The molecule has 0 heterocycles. The average molecular weight is 174 g/mol. The molecule has 0 saturated carbocycles. The molecule has 0 fully saturated rings. The van der Waals surface area contributed by atoms with E-state index < -0.39 is 11.1 Å². The quantitative estimate of drug-likeness (QED) is 0.344. The number of methoxy groups -OCH3 is 1. The molecular formula is C5H11NaO3S. The first kappa shape index (κ1) is 13.6. The Morgan fingerprint density at radius 2 is 2.20 bits per heavy atom. The van der Waals surface area contributed by atoms with Gasteiger partial charge in [-0.25, -0.2) is 0 Å². The summed E-state index contributed by atoms with van der Waals surface area (Å²) in [7, 11) is 1.51. The molecule has 56 valence electrons.